The van der Waals surface area contributed by atoms with Gasteiger partial charge in [0.2, 0.25) is 0 Å². The molecule has 0 spiro atoms. The van der Waals surface area contributed by atoms with Crippen LogP contribution in [0, 0.1) is 0 Å². The minimum atomic E-state index is 0. The molecule has 0 unspecified atom stereocenters. The van der Waals surface area contributed by atoms with Crippen LogP contribution >= 0.6 is 0 Å². The van der Waals surface area contributed by atoms with Crippen LogP contribution in [0.25, 0.3) is 0 Å². The SMILES string of the molecule is CCCCCCC[c-]1cccc1.CCCCCCC[c-]1cccc1.[Fe+2]. The molecule has 0 N–H and O–H groups in total. The quantitative estimate of drug-likeness (QED) is 0.199. The van der Waals surface area contributed by atoms with E-state index < -0.39 is 0 Å². The Labute approximate surface area is 167 Å². The molecule has 0 aliphatic carbocycles. The van der Waals surface area contributed by atoms with Crippen LogP contribution in [0.1, 0.15) is 89.2 Å². The number of hydrogen-bond donors (Lipinski definition) is 0. The summed E-state index contributed by atoms with van der Waals surface area (Å²) in [5, 5.41) is 0. The number of hydrogen-bond acceptors (Lipinski definition) is 0. The van der Waals surface area contributed by atoms with Crippen molar-refractivity contribution in [3.63, 3.8) is 0 Å². The molecule has 0 saturated heterocycles. The van der Waals surface area contributed by atoms with Crippen molar-refractivity contribution in [1.29, 1.82) is 0 Å². The van der Waals surface area contributed by atoms with Crippen molar-refractivity contribution in [2.75, 3.05) is 0 Å². The van der Waals surface area contributed by atoms with E-state index in [0.29, 0.717) is 0 Å². The van der Waals surface area contributed by atoms with Crippen molar-refractivity contribution in [2.45, 2.75) is 90.9 Å². The molecule has 0 aliphatic heterocycles. The van der Waals surface area contributed by atoms with Gasteiger partial charge in [-0.05, 0) is 0 Å². The smallest absolute Gasteiger partial charge is 0.213 e. The third-order valence-corrected chi connectivity index (χ3v) is 4.60. The topological polar surface area (TPSA) is 0 Å². The zero-order valence-electron chi connectivity index (χ0n) is 16.5. The number of rotatable bonds is 12. The predicted octanol–water partition coefficient (Wildman–Crippen LogP) is 7.83. The van der Waals surface area contributed by atoms with E-state index in [1.54, 1.807) is 0 Å². The van der Waals surface area contributed by atoms with Gasteiger partial charge >= 0.3 is 17.1 Å². The van der Waals surface area contributed by atoms with E-state index in [9.17, 15) is 0 Å². The number of unbranched alkanes of at least 4 members (excludes halogenated alkanes) is 8. The zero-order valence-corrected chi connectivity index (χ0v) is 17.6. The monoisotopic (exact) mass is 382 g/mol. The average Bonchev–Trinajstić information content (AvgIpc) is 3.29. The van der Waals surface area contributed by atoms with Crippen molar-refractivity contribution in [3.8, 4) is 0 Å². The van der Waals surface area contributed by atoms with E-state index in [0.717, 1.165) is 0 Å². The Morgan fingerprint density at radius 1 is 0.480 bits per heavy atom. The normalized spacial score (nSPS) is 10.0. The Morgan fingerprint density at radius 2 is 0.800 bits per heavy atom. The molecule has 0 saturated carbocycles. The maximum Gasteiger partial charge on any atom is 2.00 e. The first-order valence-electron chi connectivity index (χ1n) is 10.3. The van der Waals surface area contributed by atoms with E-state index in [-0.39, 0.29) is 17.1 Å². The second kappa shape index (κ2) is 18.0. The van der Waals surface area contributed by atoms with E-state index in [1.165, 1.54) is 88.2 Å². The predicted molar refractivity (Wildman–Crippen MR) is 109 cm³/mol. The molecule has 2 aromatic carbocycles. The van der Waals surface area contributed by atoms with Gasteiger partial charge in [0.05, 0.1) is 0 Å². The fourth-order valence-corrected chi connectivity index (χ4v) is 3.03. The van der Waals surface area contributed by atoms with Crippen LogP contribution < -0.4 is 0 Å². The van der Waals surface area contributed by atoms with Crippen LogP contribution in [0.3, 0.4) is 0 Å². The molecular weight excluding hydrogens is 344 g/mol. The maximum absolute atomic E-state index is 2.26. The minimum absolute atomic E-state index is 0. The molecule has 0 amide bonds. The van der Waals surface area contributed by atoms with Gasteiger partial charge in [-0.1, -0.05) is 90.9 Å². The van der Waals surface area contributed by atoms with Gasteiger partial charge in [0.15, 0.2) is 0 Å². The van der Waals surface area contributed by atoms with Crippen LogP contribution in [-0.2, 0) is 29.9 Å². The second-order valence-corrected chi connectivity index (χ2v) is 6.91. The first kappa shape index (κ1) is 24.2. The van der Waals surface area contributed by atoms with Crippen LogP contribution in [0.5, 0.6) is 0 Å². The summed E-state index contributed by atoms with van der Waals surface area (Å²) in [6.45, 7) is 4.52. The Kier molecular flexibility index (Phi) is 17.5. The van der Waals surface area contributed by atoms with Crippen LogP contribution in [0.15, 0.2) is 48.5 Å². The third kappa shape index (κ3) is 14.1. The average molecular weight is 382 g/mol. The summed E-state index contributed by atoms with van der Waals surface area (Å²) in [7, 11) is 0. The zero-order chi connectivity index (χ0) is 17.3. The molecule has 0 atom stereocenters. The maximum atomic E-state index is 2.26. The molecule has 0 fully saturated rings. The van der Waals surface area contributed by atoms with Crippen molar-refractivity contribution in [3.05, 3.63) is 59.7 Å². The van der Waals surface area contributed by atoms with Gasteiger partial charge in [0.1, 0.15) is 0 Å². The molecule has 0 radical (unpaired) electrons. The summed E-state index contributed by atoms with van der Waals surface area (Å²) in [5.41, 5.74) is 3.01. The van der Waals surface area contributed by atoms with Crippen molar-refractivity contribution in [2.24, 2.45) is 0 Å². The van der Waals surface area contributed by atoms with Gasteiger partial charge in [-0.25, -0.2) is 24.3 Å². The van der Waals surface area contributed by atoms with Gasteiger partial charge in [0, 0.05) is 0 Å². The minimum Gasteiger partial charge on any atom is -0.213 e. The van der Waals surface area contributed by atoms with Gasteiger partial charge < -0.3 is 0 Å². The first-order valence-corrected chi connectivity index (χ1v) is 10.3. The molecule has 2 aromatic rings. The van der Waals surface area contributed by atoms with E-state index >= 15 is 0 Å². The standard InChI is InChI=1S/2C12H19.Fe/c2*1-2-3-4-5-6-9-12-10-7-8-11-12;/h2*7-8,10-11H,2-6,9H2,1H3;/q2*-1;+2. The van der Waals surface area contributed by atoms with E-state index in [1.807, 2.05) is 0 Å². The Bertz CT molecular complexity index is 394. The summed E-state index contributed by atoms with van der Waals surface area (Å²) < 4.78 is 0. The molecule has 1 heteroatoms. The van der Waals surface area contributed by atoms with Crippen LogP contribution in [0.2, 0.25) is 0 Å². The van der Waals surface area contributed by atoms with E-state index in [4.69, 9.17) is 0 Å². The molecule has 25 heavy (non-hydrogen) atoms. The molecule has 2 rings (SSSR count). The van der Waals surface area contributed by atoms with Crippen molar-refractivity contribution >= 4 is 0 Å². The summed E-state index contributed by atoms with van der Waals surface area (Å²) >= 11 is 0. The van der Waals surface area contributed by atoms with Crippen LogP contribution in [-0.4, -0.2) is 0 Å². The van der Waals surface area contributed by atoms with Gasteiger partial charge in [-0.15, -0.1) is 0 Å². The fourth-order valence-electron chi connectivity index (χ4n) is 3.03. The fraction of sp³-hybridized carbons (Fsp3) is 0.583. The Morgan fingerprint density at radius 3 is 1.12 bits per heavy atom. The molecule has 0 bridgehead atoms. The summed E-state index contributed by atoms with van der Waals surface area (Å²) in [6, 6.07) is 17.4. The largest absolute Gasteiger partial charge is 2.00 e. The van der Waals surface area contributed by atoms with Crippen molar-refractivity contribution < 1.29 is 17.1 Å². The van der Waals surface area contributed by atoms with Crippen LogP contribution in [0.4, 0.5) is 0 Å². The summed E-state index contributed by atoms with van der Waals surface area (Å²) in [4.78, 5) is 0. The Hall–Kier alpha value is -0.781. The molecular formula is C24H38Fe. The second-order valence-electron chi connectivity index (χ2n) is 6.91. The number of aryl methyl sites for hydroxylation is 2. The molecule has 0 nitrogen and oxygen atoms in total. The Balaban J connectivity index is 0.000000443. The summed E-state index contributed by atoms with van der Waals surface area (Å²) in [5.74, 6) is 0. The molecule has 142 valence electrons. The van der Waals surface area contributed by atoms with Crippen molar-refractivity contribution in [1.82, 2.24) is 0 Å². The molecule has 0 aliphatic rings. The third-order valence-electron chi connectivity index (χ3n) is 4.60. The summed E-state index contributed by atoms with van der Waals surface area (Å²) in [6.07, 6.45) is 16.4. The van der Waals surface area contributed by atoms with Gasteiger partial charge in [-0.2, -0.15) is 35.4 Å². The molecule has 0 heterocycles. The molecule has 0 aromatic heterocycles. The van der Waals surface area contributed by atoms with Gasteiger partial charge in [0.25, 0.3) is 0 Å². The van der Waals surface area contributed by atoms with Gasteiger partial charge in [-0.3, -0.25) is 0 Å². The first-order chi connectivity index (χ1) is 11.9. The van der Waals surface area contributed by atoms with E-state index in [2.05, 4.69) is 62.4 Å².